The Morgan fingerprint density at radius 2 is 1.97 bits per heavy atom. The Labute approximate surface area is 189 Å². The number of thioether (sulfide) groups is 1. The van der Waals surface area contributed by atoms with Crippen LogP contribution in [0.3, 0.4) is 0 Å². The largest absolute Gasteiger partial charge is 0.450 e. The number of pyridine rings is 1. The highest BCUT2D eigenvalue weighted by atomic mass is 35.5. The molecule has 0 aliphatic heterocycles. The zero-order valence-electron chi connectivity index (χ0n) is 16.9. The summed E-state index contributed by atoms with van der Waals surface area (Å²) in [5, 5.41) is 4.25. The van der Waals surface area contributed by atoms with Crippen molar-refractivity contribution in [1.82, 2.24) is 4.98 Å². The van der Waals surface area contributed by atoms with Crippen LogP contribution in [0.4, 0.5) is 5.69 Å². The number of para-hydroxylation sites is 1. The summed E-state index contributed by atoms with van der Waals surface area (Å²) < 4.78 is 11.1. The van der Waals surface area contributed by atoms with E-state index in [9.17, 15) is 9.59 Å². The van der Waals surface area contributed by atoms with Gasteiger partial charge in [-0.2, -0.15) is 11.8 Å². The van der Waals surface area contributed by atoms with Gasteiger partial charge >= 0.3 is 5.97 Å². The topological polar surface area (TPSA) is 81.4 Å². The van der Waals surface area contributed by atoms with Gasteiger partial charge in [-0.1, -0.05) is 49.1 Å². The van der Waals surface area contributed by atoms with Gasteiger partial charge in [0, 0.05) is 28.1 Å². The van der Waals surface area contributed by atoms with Gasteiger partial charge in [0.1, 0.15) is 5.58 Å². The number of carbonyl (C=O) groups excluding carboxylic acids is 2. The van der Waals surface area contributed by atoms with Crippen molar-refractivity contribution in [3.63, 3.8) is 0 Å². The third-order valence-corrected chi connectivity index (χ3v) is 6.97. The fourth-order valence-corrected chi connectivity index (χ4v) is 5.22. The van der Waals surface area contributed by atoms with Gasteiger partial charge in [0.2, 0.25) is 5.76 Å². The van der Waals surface area contributed by atoms with Crippen molar-refractivity contribution < 1.29 is 18.7 Å². The van der Waals surface area contributed by atoms with E-state index in [0.29, 0.717) is 22.3 Å². The molecular formula is C23H23ClN2O4S. The van der Waals surface area contributed by atoms with E-state index in [0.717, 1.165) is 10.9 Å². The Morgan fingerprint density at radius 1 is 1.16 bits per heavy atom. The SMILES string of the molecule is O=C(COC(=O)c1oc2ccccc2c1CSC1CCCCC1)Nc1cccnc1Cl. The number of esters is 1. The van der Waals surface area contributed by atoms with Crippen LogP contribution < -0.4 is 5.32 Å². The zero-order valence-corrected chi connectivity index (χ0v) is 18.5. The van der Waals surface area contributed by atoms with Gasteiger partial charge < -0.3 is 14.5 Å². The number of hydrogen-bond donors (Lipinski definition) is 1. The number of halogens is 1. The van der Waals surface area contributed by atoms with Crippen molar-refractivity contribution in [2.75, 3.05) is 11.9 Å². The summed E-state index contributed by atoms with van der Waals surface area (Å²) in [6.07, 6.45) is 7.75. The fraction of sp³-hybridized carbons (Fsp3) is 0.348. The second kappa shape index (κ2) is 10.2. The van der Waals surface area contributed by atoms with Gasteiger partial charge in [-0.15, -0.1) is 0 Å². The van der Waals surface area contributed by atoms with Crippen LogP contribution >= 0.6 is 23.4 Å². The van der Waals surface area contributed by atoms with Crippen LogP contribution in [-0.4, -0.2) is 28.7 Å². The average molecular weight is 459 g/mol. The lowest BCUT2D eigenvalue weighted by Gasteiger charge is -2.20. The first-order valence-corrected chi connectivity index (χ1v) is 11.7. The summed E-state index contributed by atoms with van der Waals surface area (Å²) in [7, 11) is 0. The van der Waals surface area contributed by atoms with Crippen molar-refractivity contribution in [2.24, 2.45) is 0 Å². The molecule has 1 saturated carbocycles. The van der Waals surface area contributed by atoms with Crippen LogP contribution in [0.1, 0.15) is 48.2 Å². The molecular weight excluding hydrogens is 436 g/mol. The number of aromatic nitrogens is 1. The van der Waals surface area contributed by atoms with Gasteiger partial charge in [-0.25, -0.2) is 9.78 Å². The van der Waals surface area contributed by atoms with E-state index in [-0.39, 0.29) is 10.9 Å². The maximum absolute atomic E-state index is 12.8. The lowest BCUT2D eigenvalue weighted by Crippen LogP contribution is -2.21. The van der Waals surface area contributed by atoms with Gasteiger partial charge in [0.25, 0.3) is 5.91 Å². The molecule has 1 N–H and O–H groups in total. The monoisotopic (exact) mass is 458 g/mol. The molecule has 2 heterocycles. The first-order chi connectivity index (χ1) is 15.1. The maximum Gasteiger partial charge on any atom is 0.375 e. The Morgan fingerprint density at radius 3 is 2.77 bits per heavy atom. The number of rotatable bonds is 7. The van der Waals surface area contributed by atoms with E-state index in [2.05, 4.69) is 10.3 Å². The van der Waals surface area contributed by atoms with Crippen LogP contribution in [0.15, 0.2) is 47.0 Å². The summed E-state index contributed by atoms with van der Waals surface area (Å²) in [5.74, 6) is -0.319. The third-order valence-electron chi connectivity index (χ3n) is 5.27. The predicted octanol–water partition coefficient (Wildman–Crippen LogP) is 5.84. The highest BCUT2D eigenvalue weighted by Crippen LogP contribution is 2.35. The Hall–Kier alpha value is -2.51. The Bertz CT molecular complexity index is 1080. The van der Waals surface area contributed by atoms with Gasteiger partial charge in [0.15, 0.2) is 11.8 Å². The van der Waals surface area contributed by atoms with E-state index >= 15 is 0 Å². The van der Waals surface area contributed by atoms with Gasteiger partial charge in [0.05, 0.1) is 5.69 Å². The van der Waals surface area contributed by atoms with E-state index in [1.54, 1.807) is 12.1 Å². The minimum absolute atomic E-state index is 0.164. The minimum atomic E-state index is -0.650. The van der Waals surface area contributed by atoms with Crippen LogP contribution in [0.2, 0.25) is 5.15 Å². The molecule has 1 aliphatic rings. The minimum Gasteiger partial charge on any atom is -0.450 e. The number of amides is 1. The standard InChI is InChI=1S/C23H23ClN2O4S/c24-22-18(10-6-12-25-22)26-20(27)13-29-23(28)21-17(14-31-15-7-2-1-3-8-15)16-9-4-5-11-19(16)30-21/h4-6,9-12,15H,1-3,7-8,13-14H2,(H,26,27). The van der Waals surface area contributed by atoms with E-state index in [1.807, 2.05) is 36.0 Å². The molecule has 0 unspecified atom stereocenters. The van der Waals surface area contributed by atoms with Crippen molar-refractivity contribution in [3.8, 4) is 0 Å². The molecule has 1 fully saturated rings. The summed E-state index contributed by atoms with van der Waals surface area (Å²) in [6, 6.07) is 10.8. The number of benzene rings is 1. The van der Waals surface area contributed by atoms with Crippen molar-refractivity contribution in [3.05, 3.63) is 59.1 Å². The number of ether oxygens (including phenoxy) is 1. The zero-order chi connectivity index (χ0) is 21.6. The molecule has 0 atom stereocenters. The molecule has 3 aromatic rings. The molecule has 1 aromatic carbocycles. The number of fused-ring (bicyclic) bond motifs is 1. The lowest BCUT2D eigenvalue weighted by molar-refractivity contribution is -0.119. The summed E-state index contributed by atoms with van der Waals surface area (Å²) in [6.45, 7) is -0.448. The quantitative estimate of drug-likeness (QED) is 0.353. The van der Waals surface area contributed by atoms with Crippen molar-refractivity contribution >= 4 is 51.9 Å². The lowest BCUT2D eigenvalue weighted by atomic mass is 10.0. The molecule has 0 saturated heterocycles. The summed E-state index contributed by atoms with van der Waals surface area (Å²) in [5.41, 5.74) is 1.82. The molecule has 31 heavy (non-hydrogen) atoms. The third kappa shape index (κ3) is 5.40. The van der Waals surface area contributed by atoms with Gasteiger partial charge in [-0.05, 0) is 31.0 Å². The Balaban J connectivity index is 1.44. The van der Waals surface area contributed by atoms with Crippen molar-refractivity contribution in [2.45, 2.75) is 43.1 Å². The van der Waals surface area contributed by atoms with Crippen LogP contribution in [0.5, 0.6) is 0 Å². The summed E-state index contributed by atoms with van der Waals surface area (Å²) >= 11 is 7.80. The number of nitrogens with one attached hydrogen (secondary N) is 1. The highest BCUT2D eigenvalue weighted by Gasteiger charge is 2.24. The van der Waals surface area contributed by atoms with Crippen molar-refractivity contribution in [1.29, 1.82) is 0 Å². The molecule has 1 amide bonds. The number of nitrogens with zero attached hydrogens (tertiary/aromatic N) is 1. The molecule has 0 bridgehead atoms. The fourth-order valence-electron chi connectivity index (χ4n) is 3.70. The smallest absolute Gasteiger partial charge is 0.375 e. The molecule has 6 nitrogen and oxygen atoms in total. The molecule has 4 rings (SSSR count). The maximum atomic E-state index is 12.8. The number of anilines is 1. The van der Waals surface area contributed by atoms with E-state index < -0.39 is 18.5 Å². The van der Waals surface area contributed by atoms with E-state index in [4.69, 9.17) is 20.8 Å². The van der Waals surface area contributed by atoms with Crippen LogP contribution in [0, 0.1) is 0 Å². The second-order valence-electron chi connectivity index (χ2n) is 7.44. The molecule has 0 spiro atoms. The van der Waals surface area contributed by atoms with Gasteiger partial charge in [-0.3, -0.25) is 4.79 Å². The summed E-state index contributed by atoms with van der Waals surface area (Å²) in [4.78, 5) is 28.8. The first-order valence-electron chi connectivity index (χ1n) is 10.3. The van der Waals surface area contributed by atoms with E-state index in [1.165, 1.54) is 38.3 Å². The van der Waals surface area contributed by atoms with Crippen LogP contribution in [-0.2, 0) is 15.3 Å². The number of carbonyl (C=O) groups is 2. The predicted molar refractivity (Wildman–Crippen MR) is 123 cm³/mol. The molecule has 162 valence electrons. The first kappa shape index (κ1) is 21.7. The molecule has 2 aromatic heterocycles. The van der Waals surface area contributed by atoms with Crippen LogP contribution in [0.25, 0.3) is 11.0 Å². The Kier molecular flexibility index (Phi) is 7.14. The second-order valence-corrected chi connectivity index (χ2v) is 9.09. The molecule has 1 aliphatic carbocycles. The molecule has 0 radical (unpaired) electrons. The normalized spacial score (nSPS) is 14.5. The highest BCUT2D eigenvalue weighted by molar-refractivity contribution is 7.99. The number of hydrogen-bond acceptors (Lipinski definition) is 6. The average Bonchev–Trinajstić information content (AvgIpc) is 3.17. The number of furan rings is 1. The molecule has 8 heteroatoms.